The largest absolute Gasteiger partial charge is 0.323 e. The van der Waals surface area contributed by atoms with Crippen LogP contribution in [0.3, 0.4) is 0 Å². The van der Waals surface area contributed by atoms with E-state index < -0.39 is 0 Å². The number of aromatic nitrogens is 1. The van der Waals surface area contributed by atoms with E-state index in [1.54, 1.807) is 6.20 Å². The molecule has 0 saturated heterocycles. The number of benzene rings is 1. The van der Waals surface area contributed by atoms with E-state index in [0.717, 1.165) is 11.3 Å². The summed E-state index contributed by atoms with van der Waals surface area (Å²) >= 11 is 0. The monoisotopic (exact) mass is 197 g/mol. The third kappa shape index (κ3) is 2.02. The summed E-state index contributed by atoms with van der Waals surface area (Å²) in [6, 6.07) is 15.4. The van der Waals surface area contributed by atoms with Crippen LogP contribution in [0.4, 0.5) is 0 Å². The van der Waals surface area contributed by atoms with Gasteiger partial charge < -0.3 is 5.84 Å². The highest BCUT2D eigenvalue weighted by atomic mass is 15.1. The van der Waals surface area contributed by atoms with E-state index in [1.807, 2.05) is 48.5 Å². The lowest BCUT2D eigenvalue weighted by atomic mass is 10.1. The minimum absolute atomic E-state index is 0.705. The quantitative estimate of drug-likeness (QED) is 0.453. The van der Waals surface area contributed by atoms with Gasteiger partial charge in [-0.1, -0.05) is 36.4 Å². The van der Waals surface area contributed by atoms with Crippen molar-refractivity contribution >= 4 is 5.71 Å². The molecule has 15 heavy (non-hydrogen) atoms. The number of nitrogens with two attached hydrogens (primary N) is 1. The van der Waals surface area contributed by atoms with E-state index in [2.05, 4.69) is 10.1 Å². The van der Waals surface area contributed by atoms with Gasteiger partial charge in [-0.25, -0.2) is 0 Å². The van der Waals surface area contributed by atoms with Crippen molar-refractivity contribution in [1.82, 2.24) is 4.98 Å². The van der Waals surface area contributed by atoms with E-state index in [0.29, 0.717) is 5.71 Å². The van der Waals surface area contributed by atoms with Crippen molar-refractivity contribution in [3.63, 3.8) is 0 Å². The zero-order chi connectivity index (χ0) is 10.5. The summed E-state index contributed by atoms with van der Waals surface area (Å²) in [6.45, 7) is 0. The number of nitrogens with zero attached hydrogens (tertiary/aromatic N) is 2. The fraction of sp³-hybridized carbons (Fsp3) is 0. The molecule has 0 aliphatic rings. The molecule has 0 unspecified atom stereocenters. The fourth-order valence-corrected chi connectivity index (χ4v) is 1.39. The normalized spacial score (nSPS) is 11.3. The average Bonchev–Trinajstić information content (AvgIpc) is 2.33. The van der Waals surface area contributed by atoms with E-state index in [-0.39, 0.29) is 0 Å². The number of hydrogen-bond acceptors (Lipinski definition) is 3. The van der Waals surface area contributed by atoms with Crippen LogP contribution in [0, 0.1) is 0 Å². The second-order valence-corrected chi connectivity index (χ2v) is 3.06. The predicted octanol–water partition coefficient (Wildman–Crippen LogP) is 1.79. The lowest BCUT2D eigenvalue weighted by molar-refractivity contribution is 1.21. The SMILES string of the molecule is N/N=C(\c1ccccc1)c1ccccn1. The first kappa shape index (κ1) is 9.40. The standard InChI is InChI=1S/C12H11N3/c13-15-12(10-6-2-1-3-7-10)11-8-4-5-9-14-11/h1-9H,13H2/b15-12+. The van der Waals surface area contributed by atoms with Crippen molar-refractivity contribution in [2.75, 3.05) is 0 Å². The molecular weight excluding hydrogens is 186 g/mol. The molecular formula is C12H11N3. The third-order valence-electron chi connectivity index (χ3n) is 2.08. The summed E-state index contributed by atoms with van der Waals surface area (Å²) < 4.78 is 0. The minimum atomic E-state index is 0.705. The van der Waals surface area contributed by atoms with Crippen molar-refractivity contribution in [3.05, 3.63) is 66.0 Å². The molecule has 0 spiro atoms. The zero-order valence-corrected chi connectivity index (χ0v) is 8.17. The molecule has 1 aromatic carbocycles. The molecule has 0 atom stereocenters. The Balaban J connectivity index is 2.44. The Morgan fingerprint density at radius 2 is 1.73 bits per heavy atom. The van der Waals surface area contributed by atoms with Gasteiger partial charge in [0.15, 0.2) is 0 Å². The lowest BCUT2D eigenvalue weighted by Gasteiger charge is -2.03. The average molecular weight is 197 g/mol. The maximum atomic E-state index is 5.38. The Hall–Kier alpha value is -2.16. The number of hydrazone groups is 1. The van der Waals surface area contributed by atoms with Gasteiger partial charge in [-0.05, 0) is 12.1 Å². The molecule has 2 aromatic rings. The molecule has 2 N–H and O–H groups in total. The summed E-state index contributed by atoms with van der Waals surface area (Å²) in [5.41, 5.74) is 2.46. The van der Waals surface area contributed by atoms with Crippen molar-refractivity contribution in [2.45, 2.75) is 0 Å². The molecule has 0 bridgehead atoms. The molecule has 3 heteroatoms. The topological polar surface area (TPSA) is 51.3 Å². The van der Waals surface area contributed by atoms with Gasteiger partial charge in [0, 0.05) is 11.8 Å². The first-order chi connectivity index (χ1) is 7.42. The van der Waals surface area contributed by atoms with Crippen molar-refractivity contribution in [3.8, 4) is 0 Å². The van der Waals surface area contributed by atoms with E-state index in [9.17, 15) is 0 Å². The van der Waals surface area contributed by atoms with Gasteiger partial charge >= 0.3 is 0 Å². The van der Waals surface area contributed by atoms with Crippen LogP contribution in [0.5, 0.6) is 0 Å². The Morgan fingerprint density at radius 3 is 2.33 bits per heavy atom. The Morgan fingerprint density at radius 1 is 1.00 bits per heavy atom. The molecule has 1 heterocycles. The summed E-state index contributed by atoms with van der Waals surface area (Å²) in [4.78, 5) is 4.22. The third-order valence-corrected chi connectivity index (χ3v) is 2.08. The van der Waals surface area contributed by atoms with Crippen LogP contribution in [0.15, 0.2) is 59.8 Å². The lowest BCUT2D eigenvalue weighted by Crippen LogP contribution is -2.07. The van der Waals surface area contributed by atoms with E-state index in [4.69, 9.17) is 5.84 Å². The van der Waals surface area contributed by atoms with E-state index in [1.165, 1.54) is 0 Å². The van der Waals surface area contributed by atoms with Crippen LogP contribution < -0.4 is 5.84 Å². The van der Waals surface area contributed by atoms with Gasteiger partial charge in [-0.3, -0.25) is 4.98 Å². The summed E-state index contributed by atoms with van der Waals surface area (Å²) in [5, 5.41) is 3.78. The molecule has 0 radical (unpaired) electrons. The van der Waals surface area contributed by atoms with Gasteiger partial charge in [0.05, 0.1) is 5.69 Å². The van der Waals surface area contributed by atoms with Crippen LogP contribution in [-0.4, -0.2) is 10.7 Å². The zero-order valence-electron chi connectivity index (χ0n) is 8.17. The number of rotatable bonds is 2. The maximum Gasteiger partial charge on any atom is 0.115 e. The molecule has 2 rings (SSSR count). The van der Waals surface area contributed by atoms with Crippen molar-refractivity contribution in [1.29, 1.82) is 0 Å². The van der Waals surface area contributed by atoms with Crippen LogP contribution in [-0.2, 0) is 0 Å². The smallest absolute Gasteiger partial charge is 0.115 e. The van der Waals surface area contributed by atoms with Gasteiger partial charge in [-0.15, -0.1) is 0 Å². The first-order valence-electron chi connectivity index (χ1n) is 4.66. The molecule has 0 amide bonds. The van der Waals surface area contributed by atoms with Gasteiger partial charge in [0.25, 0.3) is 0 Å². The predicted molar refractivity (Wildman–Crippen MR) is 60.5 cm³/mol. The molecule has 74 valence electrons. The van der Waals surface area contributed by atoms with Crippen molar-refractivity contribution < 1.29 is 0 Å². The Bertz CT molecular complexity index is 407. The Kier molecular flexibility index (Phi) is 2.74. The molecule has 0 saturated carbocycles. The summed E-state index contributed by atoms with van der Waals surface area (Å²) in [6.07, 6.45) is 1.73. The highest BCUT2D eigenvalue weighted by Gasteiger charge is 2.06. The number of pyridine rings is 1. The summed E-state index contributed by atoms with van der Waals surface area (Å²) in [5.74, 6) is 5.38. The van der Waals surface area contributed by atoms with Gasteiger partial charge in [-0.2, -0.15) is 5.10 Å². The second-order valence-electron chi connectivity index (χ2n) is 3.06. The van der Waals surface area contributed by atoms with E-state index >= 15 is 0 Å². The van der Waals surface area contributed by atoms with Gasteiger partial charge in [0.2, 0.25) is 0 Å². The highest BCUT2D eigenvalue weighted by molar-refractivity contribution is 6.11. The highest BCUT2D eigenvalue weighted by Crippen LogP contribution is 2.07. The molecule has 0 aliphatic heterocycles. The second kappa shape index (κ2) is 4.37. The molecule has 3 nitrogen and oxygen atoms in total. The first-order valence-corrected chi connectivity index (χ1v) is 4.66. The van der Waals surface area contributed by atoms with Crippen LogP contribution in [0.2, 0.25) is 0 Å². The molecule has 0 aliphatic carbocycles. The fourth-order valence-electron chi connectivity index (χ4n) is 1.39. The summed E-state index contributed by atoms with van der Waals surface area (Å²) in [7, 11) is 0. The molecule has 1 aromatic heterocycles. The van der Waals surface area contributed by atoms with Crippen LogP contribution >= 0.6 is 0 Å². The Labute approximate surface area is 88.3 Å². The van der Waals surface area contributed by atoms with Gasteiger partial charge in [0.1, 0.15) is 5.71 Å². The van der Waals surface area contributed by atoms with Crippen molar-refractivity contribution in [2.24, 2.45) is 10.9 Å². The minimum Gasteiger partial charge on any atom is -0.323 e. The number of hydrogen-bond donors (Lipinski definition) is 1. The van der Waals surface area contributed by atoms with Crippen LogP contribution in [0.25, 0.3) is 0 Å². The maximum absolute atomic E-state index is 5.38. The molecule has 0 fully saturated rings. The van der Waals surface area contributed by atoms with Crippen LogP contribution in [0.1, 0.15) is 11.3 Å².